The Morgan fingerprint density at radius 2 is 2.31 bits per heavy atom. The SMILES string of the molecule is COc1cc(Cl)c(F)c(C(CN)C(=O)O)c1. The number of carboxylic acid groups (broad SMARTS) is 1. The fraction of sp³-hybridized carbons (Fsp3) is 0.300. The molecule has 0 aromatic heterocycles. The molecule has 6 heteroatoms. The van der Waals surface area contributed by atoms with Crippen LogP contribution in [0.1, 0.15) is 11.5 Å². The molecule has 16 heavy (non-hydrogen) atoms. The average molecular weight is 248 g/mol. The van der Waals surface area contributed by atoms with E-state index in [1.165, 1.54) is 19.2 Å². The third-order valence-corrected chi connectivity index (χ3v) is 2.45. The van der Waals surface area contributed by atoms with Crippen LogP contribution >= 0.6 is 11.6 Å². The zero-order valence-corrected chi connectivity index (χ0v) is 9.29. The molecular weight excluding hydrogens is 237 g/mol. The molecule has 0 aliphatic rings. The second kappa shape index (κ2) is 5.14. The van der Waals surface area contributed by atoms with E-state index in [2.05, 4.69) is 0 Å². The Labute approximate surface area is 96.8 Å². The van der Waals surface area contributed by atoms with Gasteiger partial charge in [-0.05, 0) is 6.07 Å². The van der Waals surface area contributed by atoms with Gasteiger partial charge in [0.1, 0.15) is 11.6 Å². The Balaban J connectivity index is 3.30. The zero-order chi connectivity index (χ0) is 12.3. The Morgan fingerprint density at radius 3 is 2.75 bits per heavy atom. The highest BCUT2D eigenvalue weighted by atomic mass is 35.5. The van der Waals surface area contributed by atoms with E-state index in [1.54, 1.807) is 0 Å². The molecule has 88 valence electrons. The third kappa shape index (κ3) is 2.43. The van der Waals surface area contributed by atoms with Crippen molar-refractivity contribution in [3.63, 3.8) is 0 Å². The van der Waals surface area contributed by atoms with Crippen LogP contribution in [-0.4, -0.2) is 24.7 Å². The molecule has 3 N–H and O–H groups in total. The summed E-state index contributed by atoms with van der Waals surface area (Å²) in [5, 5.41) is 8.69. The van der Waals surface area contributed by atoms with Crippen molar-refractivity contribution < 1.29 is 19.0 Å². The fourth-order valence-electron chi connectivity index (χ4n) is 1.32. The van der Waals surface area contributed by atoms with Gasteiger partial charge in [0.15, 0.2) is 0 Å². The first kappa shape index (κ1) is 12.7. The van der Waals surface area contributed by atoms with Crippen molar-refractivity contribution in [2.75, 3.05) is 13.7 Å². The normalized spacial score (nSPS) is 12.2. The lowest BCUT2D eigenvalue weighted by atomic mass is 9.98. The summed E-state index contributed by atoms with van der Waals surface area (Å²) in [7, 11) is 1.38. The predicted molar refractivity (Wildman–Crippen MR) is 57.4 cm³/mol. The van der Waals surface area contributed by atoms with Crippen molar-refractivity contribution in [1.29, 1.82) is 0 Å². The minimum atomic E-state index is -1.20. The fourth-order valence-corrected chi connectivity index (χ4v) is 1.53. The second-order valence-corrected chi connectivity index (χ2v) is 3.55. The Morgan fingerprint density at radius 1 is 1.69 bits per heavy atom. The van der Waals surface area contributed by atoms with Crippen LogP contribution in [0.5, 0.6) is 5.75 Å². The summed E-state index contributed by atoms with van der Waals surface area (Å²) in [5.41, 5.74) is 5.21. The first-order valence-corrected chi connectivity index (χ1v) is 4.84. The van der Waals surface area contributed by atoms with E-state index in [4.69, 9.17) is 27.2 Å². The van der Waals surface area contributed by atoms with Crippen LogP contribution in [0.4, 0.5) is 4.39 Å². The van der Waals surface area contributed by atoms with E-state index in [9.17, 15) is 9.18 Å². The van der Waals surface area contributed by atoms with Crippen molar-refractivity contribution >= 4 is 17.6 Å². The molecular formula is C10H11ClFNO3. The first-order chi connectivity index (χ1) is 7.51. The van der Waals surface area contributed by atoms with Crippen LogP contribution in [0.3, 0.4) is 0 Å². The number of hydrogen-bond donors (Lipinski definition) is 2. The Kier molecular flexibility index (Phi) is 4.09. The lowest BCUT2D eigenvalue weighted by Crippen LogP contribution is -2.22. The summed E-state index contributed by atoms with van der Waals surface area (Å²) in [6.45, 7) is -0.213. The topological polar surface area (TPSA) is 72.5 Å². The molecule has 0 saturated carbocycles. The van der Waals surface area contributed by atoms with Gasteiger partial charge >= 0.3 is 5.97 Å². The van der Waals surface area contributed by atoms with Gasteiger partial charge in [0.05, 0.1) is 18.1 Å². The van der Waals surface area contributed by atoms with Crippen LogP contribution in [0.15, 0.2) is 12.1 Å². The van der Waals surface area contributed by atoms with Crippen molar-refractivity contribution in [3.05, 3.63) is 28.5 Å². The maximum atomic E-state index is 13.6. The zero-order valence-electron chi connectivity index (χ0n) is 8.54. The van der Waals surface area contributed by atoms with E-state index in [0.717, 1.165) is 0 Å². The number of methoxy groups -OCH3 is 1. The molecule has 0 aliphatic carbocycles. The van der Waals surface area contributed by atoms with Gasteiger partial charge in [-0.3, -0.25) is 4.79 Å². The monoisotopic (exact) mass is 247 g/mol. The van der Waals surface area contributed by atoms with Gasteiger partial charge in [0, 0.05) is 18.2 Å². The Bertz CT molecular complexity index is 411. The predicted octanol–water partition coefficient (Wildman–Crippen LogP) is 1.61. The van der Waals surface area contributed by atoms with Crippen molar-refractivity contribution in [1.82, 2.24) is 0 Å². The van der Waals surface area contributed by atoms with Gasteiger partial charge in [-0.2, -0.15) is 0 Å². The van der Waals surface area contributed by atoms with E-state index in [-0.39, 0.29) is 17.1 Å². The van der Waals surface area contributed by atoms with Crippen LogP contribution in [0.25, 0.3) is 0 Å². The first-order valence-electron chi connectivity index (χ1n) is 4.47. The standard InChI is InChI=1S/C10H11ClFNO3/c1-16-5-2-6(7(4-13)10(14)15)9(12)8(11)3-5/h2-3,7H,4,13H2,1H3,(H,14,15). The smallest absolute Gasteiger partial charge is 0.312 e. The molecule has 0 heterocycles. The maximum absolute atomic E-state index is 13.6. The summed E-state index contributed by atoms with van der Waals surface area (Å²) in [4.78, 5) is 10.9. The number of benzene rings is 1. The number of halogens is 2. The van der Waals surface area contributed by atoms with Crippen LogP contribution in [0.2, 0.25) is 5.02 Å². The largest absolute Gasteiger partial charge is 0.497 e. The molecule has 4 nitrogen and oxygen atoms in total. The number of hydrogen-bond acceptors (Lipinski definition) is 3. The summed E-state index contributed by atoms with van der Waals surface area (Å²) in [6, 6.07) is 2.56. The highest BCUT2D eigenvalue weighted by Crippen LogP contribution is 2.29. The average Bonchev–Trinajstić information content (AvgIpc) is 2.24. The quantitative estimate of drug-likeness (QED) is 0.848. The summed E-state index contributed by atoms with van der Waals surface area (Å²) in [6.07, 6.45) is 0. The number of aliphatic carboxylic acids is 1. The highest BCUT2D eigenvalue weighted by molar-refractivity contribution is 6.31. The minimum absolute atomic E-state index is 0.0700. The number of carboxylic acids is 1. The summed E-state index contributed by atoms with van der Waals surface area (Å²) in [5.74, 6) is -2.82. The summed E-state index contributed by atoms with van der Waals surface area (Å²) >= 11 is 5.61. The summed E-state index contributed by atoms with van der Waals surface area (Å²) < 4.78 is 18.5. The molecule has 1 aromatic rings. The molecule has 0 bridgehead atoms. The van der Waals surface area contributed by atoms with Crippen LogP contribution in [-0.2, 0) is 4.79 Å². The number of ether oxygens (including phenoxy) is 1. The van der Waals surface area contributed by atoms with Crippen LogP contribution in [0, 0.1) is 5.82 Å². The van der Waals surface area contributed by atoms with Gasteiger partial charge in [-0.25, -0.2) is 4.39 Å². The van der Waals surface area contributed by atoms with E-state index < -0.39 is 17.7 Å². The van der Waals surface area contributed by atoms with Gasteiger partial charge in [0.25, 0.3) is 0 Å². The van der Waals surface area contributed by atoms with E-state index in [0.29, 0.717) is 5.75 Å². The number of carbonyl (C=O) groups is 1. The highest BCUT2D eigenvalue weighted by Gasteiger charge is 2.24. The minimum Gasteiger partial charge on any atom is -0.497 e. The van der Waals surface area contributed by atoms with Gasteiger partial charge in [0.2, 0.25) is 0 Å². The molecule has 1 aromatic carbocycles. The molecule has 0 radical (unpaired) electrons. The van der Waals surface area contributed by atoms with E-state index in [1.807, 2.05) is 0 Å². The lowest BCUT2D eigenvalue weighted by Gasteiger charge is -2.13. The molecule has 1 unspecified atom stereocenters. The van der Waals surface area contributed by atoms with E-state index >= 15 is 0 Å². The maximum Gasteiger partial charge on any atom is 0.312 e. The van der Waals surface area contributed by atoms with Crippen molar-refractivity contribution in [2.45, 2.75) is 5.92 Å². The molecule has 0 spiro atoms. The van der Waals surface area contributed by atoms with Crippen molar-refractivity contribution in [2.24, 2.45) is 5.73 Å². The molecule has 1 atom stereocenters. The lowest BCUT2D eigenvalue weighted by molar-refractivity contribution is -0.138. The van der Waals surface area contributed by atoms with Gasteiger partial charge < -0.3 is 15.6 Å². The van der Waals surface area contributed by atoms with Crippen LogP contribution < -0.4 is 10.5 Å². The molecule has 0 amide bonds. The molecule has 0 saturated heterocycles. The number of rotatable bonds is 4. The van der Waals surface area contributed by atoms with Gasteiger partial charge in [-0.1, -0.05) is 11.6 Å². The second-order valence-electron chi connectivity index (χ2n) is 3.14. The molecule has 1 rings (SSSR count). The van der Waals surface area contributed by atoms with Gasteiger partial charge in [-0.15, -0.1) is 0 Å². The molecule has 0 fully saturated rings. The Hall–Kier alpha value is -1.33. The molecule has 0 aliphatic heterocycles. The third-order valence-electron chi connectivity index (χ3n) is 2.17. The number of nitrogens with two attached hydrogens (primary N) is 1. The van der Waals surface area contributed by atoms with Crippen molar-refractivity contribution in [3.8, 4) is 5.75 Å².